The third kappa shape index (κ3) is 4.41. The molecule has 3 heterocycles. The first-order chi connectivity index (χ1) is 14.6. The Kier molecular flexibility index (Phi) is 6.46. The fraction of sp³-hybridized carbons (Fsp3) is 0.522. The number of hydrogen-bond acceptors (Lipinski definition) is 4. The summed E-state index contributed by atoms with van der Waals surface area (Å²) in [5.74, 6) is 1.11. The predicted molar refractivity (Wildman–Crippen MR) is 119 cm³/mol. The summed E-state index contributed by atoms with van der Waals surface area (Å²) in [7, 11) is 0. The van der Waals surface area contributed by atoms with Gasteiger partial charge in [0.05, 0.1) is 0 Å². The van der Waals surface area contributed by atoms with Crippen molar-refractivity contribution in [3.05, 3.63) is 42.2 Å². The van der Waals surface area contributed by atoms with Crippen LogP contribution in [0.5, 0.6) is 0 Å². The molecule has 2 aliphatic rings. The highest BCUT2D eigenvalue weighted by atomic mass is 32.2. The van der Waals surface area contributed by atoms with E-state index in [9.17, 15) is 9.59 Å². The Hall–Kier alpha value is -2.28. The SMILES string of the molecule is CSc1nccn1-c1cccc(C(=O)N2CCC(C(=O)N3CCC(C)CC3)CC2)c1. The summed E-state index contributed by atoms with van der Waals surface area (Å²) >= 11 is 1.57. The summed E-state index contributed by atoms with van der Waals surface area (Å²) in [6.07, 6.45) is 9.40. The lowest BCUT2D eigenvalue weighted by Crippen LogP contribution is -2.46. The normalized spacial score (nSPS) is 18.6. The molecular formula is C23H30N4O2S. The molecule has 6 nitrogen and oxygen atoms in total. The molecule has 0 spiro atoms. The van der Waals surface area contributed by atoms with Crippen LogP contribution in [0.3, 0.4) is 0 Å². The van der Waals surface area contributed by atoms with Crippen LogP contribution >= 0.6 is 11.8 Å². The van der Waals surface area contributed by atoms with Gasteiger partial charge >= 0.3 is 0 Å². The second-order valence-electron chi connectivity index (χ2n) is 8.41. The number of imidazole rings is 1. The Labute approximate surface area is 182 Å². The van der Waals surface area contributed by atoms with Crippen LogP contribution in [-0.2, 0) is 4.79 Å². The molecule has 0 N–H and O–H groups in total. The van der Waals surface area contributed by atoms with Gasteiger partial charge in [-0.2, -0.15) is 0 Å². The molecular weight excluding hydrogens is 396 g/mol. The lowest BCUT2D eigenvalue weighted by atomic mass is 9.92. The summed E-state index contributed by atoms with van der Waals surface area (Å²) in [6.45, 7) is 5.32. The third-order valence-electron chi connectivity index (χ3n) is 6.39. The van der Waals surface area contributed by atoms with Crippen LogP contribution in [0.4, 0.5) is 0 Å². The van der Waals surface area contributed by atoms with E-state index in [0.717, 1.165) is 55.5 Å². The largest absolute Gasteiger partial charge is 0.342 e. The van der Waals surface area contributed by atoms with Gasteiger partial charge in [0.25, 0.3) is 5.91 Å². The smallest absolute Gasteiger partial charge is 0.253 e. The summed E-state index contributed by atoms with van der Waals surface area (Å²) in [6, 6.07) is 7.70. The zero-order valence-corrected chi connectivity index (χ0v) is 18.6. The highest BCUT2D eigenvalue weighted by Gasteiger charge is 2.31. The Morgan fingerprint density at radius 1 is 1.03 bits per heavy atom. The number of aromatic nitrogens is 2. The fourth-order valence-corrected chi connectivity index (χ4v) is 4.95. The molecule has 2 aromatic rings. The van der Waals surface area contributed by atoms with E-state index in [1.165, 1.54) is 0 Å². The maximum Gasteiger partial charge on any atom is 0.253 e. The molecule has 2 aliphatic heterocycles. The summed E-state index contributed by atoms with van der Waals surface area (Å²) in [5.41, 5.74) is 1.62. The Morgan fingerprint density at radius 3 is 2.43 bits per heavy atom. The minimum atomic E-state index is 0.0420. The number of likely N-dealkylation sites (tertiary alicyclic amines) is 2. The first-order valence-corrected chi connectivity index (χ1v) is 12.0. The molecule has 0 radical (unpaired) electrons. The van der Waals surface area contributed by atoms with Crippen molar-refractivity contribution >= 4 is 23.6 Å². The number of nitrogens with zero attached hydrogens (tertiary/aromatic N) is 4. The van der Waals surface area contributed by atoms with Gasteiger partial charge in [-0.05, 0) is 56.1 Å². The maximum atomic E-state index is 13.1. The van der Waals surface area contributed by atoms with Crippen LogP contribution in [0, 0.1) is 11.8 Å². The predicted octanol–water partition coefficient (Wildman–Crippen LogP) is 3.70. The fourth-order valence-electron chi connectivity index (χ4n) is 4.43. The highest BCUT2D eigenvalue weighted by molar-refractivity contribution is 7.98. The van der Waals surface area contributed by atoms with Gasteiger partial charge in [-0.1, -0.05) is 24.8 Å². The van der Waals surface area contributed by atoms with Crippen molar-refractivity contribution < 1.29 is 9.59 Å². The van der Waals surface area contributed by atoms with Crippen LogP contribution in [-0.4, -0.2) is 63.6 Å². The van der Waals surface area contributed by atoms with Crippen LogP contribution in [0.25, 0.3) is 5.69 Å². The average Bonchev–Trinajstić information content (AvgIpc) is 3.28. The lowest BCUT2D eigenvalue weighted by Gasteiger charge is -2.36. The lowest BCUT2D eigenvalue weighted by molar-refractivity contribution is -0.138. The minimum absolute atomic E-state index is 0.0420. The van der Waals surface area contributed by atoms with Gasteiger partial charge in [-0.3, -0.25) is 14.2 Å². The maximum absolute atomic E-state index is 13.1. The minimum Gasteiger partial charge on any atom is -0.342 e. The molecule has 0 unspecified atom stereocenters. The molecule has 2 fully saturated rings. The molecule has 7 heteroatoms. The van der Waals surface area contributed by atoms with E-state index in [4.69, 9.17) is 0 Å². The van der Waals surface area contributed by atoms with Crippen molar-refractivity contribution in [3.8, 4) is 5.69 Å². The average molecular weight is 427 g/mol. The molecule has 2 amide bonds. The van der Waals surface area contributed by atoms with E-state index >= 15 is 0 Å². The van der Waals surface area contributed by atoms with Crippen LogP contribution < -0.4 is 0 Å². The molecule has 1 aromatic heterocycles. The monoisotopic (exact) mass is 426 g/mol. The summed E-state index contributed by atoms with van der Waals surface area (Å²) < 4.78 is 1.99. The summed E-state index contributed by atoms with van der Waals surface area (Å²) in [4.78, 5) is 34.2. The Balaban J connectivity index is 1.38. The summed E-state index contributed by atoms with van der Waals surface area (Å²) in [5, 5.41) is 0.894. The highest BCUT2D eigenvalue weighted by Crippen LogP contribution is 2.25. The van der Waals surface area contributed by atoms with E-state index in [-0.39, 0.29) is 11.8 Å². The van der Waals surface area contributed by atoms with Crippen LogP contribution in [0.2, 0.25) is 0 Å². The number of thioether (sulfide) groups is 1. The number of piperidine rings is 2. The number of benzene rings is 1. The van der Waals surface area contributed by atoms with E-state index in [1.807, 2.05) is 51.1 Å². The molecule has 0 saturated carbocycles. The van der Waals surface area contributed by atoms with Crippen molar-refractivity contribution in [1.29, 1.82) is 0 Å². The van der Waals surface area contributed by atoms with Crippen molar-refractivity contribution in [2.24, 2.45) is 11.8 Å². The van der Waals surface area contributed by atoms with Gasteiger partial charge in [-0.25, -0.2) is 4.98 Å². The van der Waals surface area contributed by atoms with E-state index < -0.39 is 0 Å². The van der Waals surface area contributed by atoms with Gasteiger partial charge in [0.15, 0.2) is 5.16 Å². The standard InChI is InChI=1S/C23H30N4O2S/c1-17-6-11-25(12-7-17)21(28)18-8-13-26(14-9-18)22(29)19-4-3-5-20(16-19)27-15-10-24-23(27)30-2/h3-5,10,15-18H,6-9,11-14H2,1-2H3. The van der Waals surface area contributed by atoms with Gasteiger partial charge in [0.2, 0.25) is 5.91 Å². The molecule has 30 heavy (non-hydrogen) atoms. The zero-order valence-electron chi connectivity index (χ0n) is 17.8. The second kappa shape index (κ2) is 9.25. The number of amides is 2. The van der Waals surface area contributed by atoms with Gasteiger partial charge in [-0.15, -0.1) is 0 Å². The number of carbonyl (C=O) groups excluding carboxylic acids is 2. The number of carbonyl (C=O) groups is 2. The molecule has 160 valence electrons. The van der Waals surface area contributed by atoms with Gasteiger partial charge in [0, 0.05) is 55.7 Å². The molecule has 0 aliphatic carbocycles. The van der Waals surface area contributed by atoms with Crippen molar-refractivity contribution in [3.63, 3.8) is 0 Å². The third-order valence-corrected chi connectivity index (χ3v) is 7.05. The first-order valence-electron chi connectivity index (χ1n) is 10.8. The van der Waals surface area contributed by atoms with E-state index in [0.29, 0.717) is 24.6 Å². The quantitative estimate of drug-likeness (QED) is 0.700. The van der Waals surface area contributed by atoms with E-state index in [1.54, 1.807) is 18.0 Å². The van der Waals surface area contributed by atoms with Gasteiger partial charge in [0.1, 0.15) is 0 Å². The second-order valence-corrected chi connectivity index (χ2v) is 9.18. The van der Waals surface area contributed by atoms with Crippen molar-refractivity contribution in [1.82, 2.24) is 19.4 Å². The van der Waals surface area contributed by atoms with E-state index in [2.05, 4.69) is 11.9 Å². The number of rotatable bonds is 4. The Bertz CT molecular complexity index is 896. The number of hydrogen-bond donors (Lipinski definition) is 0. The Morgan fingerprint density at radius 2 is 1.73 bits per heavy atom. The van der Waals surface area contributed by atoms with Crippen molar-refractivity contribution in [2.45, 2.75) is 37.8 Å². The van der Waals surface area contributed by atoms with Crippen LogP contribution in [0.15, 0.2) is 41.8 Å². The molecule has 1 aromatic carbocycles. The van der Waals surface area contributed by atoms with Crippen LogP contribution in [0.1, 0.15) is 43.0 Å². The molecule has 2 saturated heterocycles. The first kappa shape index (κ1) is 21.0. The zero-order chi connectivity index (χ0) is 21.1. The topological polar surface area (TPSA) is 58.4 Å². The van der Waals surface area contributed by atoms with Gasteiger partial charge < -0.3 is 9.80 Å². The molecule has 0 atom stereocenters. The molecule has 0 bridgehead atoms. The molecule has 4 rings (SSSR count). The van der Waals surface area contributed by atoms with Crippen molar-refractivity contribution in [2.75, 3.05) is 32.4 Å².